The Morgan fingerprint density at radius 1 is 1.24 bits per heavy atom. The molecule has 4 nitrogen and oxygen atoms in total. The van der Waals surface area contributed by atoms with Gasteiger partial charge in [-0.1, -0.05) is 18.2 Å². The van der Waals surface area contributed by atoms with E-state index in [1.807, 2.05) is 19.0 Å². The third kappa shape index (κ3) is 3.51. The van der Waals surface area contributed by atoms with Crippen LogP contribution in [-0.4, -0.2) is 20.0 Å². The molecule has 0 aliphatic heterocycles. The number of nitrogen functional groups attached to an aromatic ring is 1. The second-order valence-corrected chi connectivity index (χ2v) is 4.95. The number of benzene rings is 2. The minimum absolute atomic E-state index is 0.132. The first kappa shape index (κ1) is 14.8. The Labute approximate surface area is 123 Å². The molecule has 0 heterocycles. The number of hydrogen-bond acceptors (Lipinski definition) is 3. The quantitative estimate of drug-likeness (QED) is 0.849. The summed E-state index contributed by atoms with van der Waals surface area (Å²) >= 11 is 0. The van der Waals surface area contributed by atoms with E-state index in [-0.39, 0.29) is 18.3 Å². The van der Waals surface area contributed by atoms with Gasteiger partial charge in [0, 0.05) is 37.6 Å². The number of nitrogens with two attached hydrogens (primary N) is 1. The molecule has 1 amide bonds. The third-order valence-corrected chi connectivity index (χ3v) is 3.14. The molecule has 2 aromatic rings. The SMILES string of the molecule is CN(C)c1ccc(N)cc1C(=O)NCc1ccccc1F. The molecular weight excluding hydrogens is 269 g/mol. The third-order valence-electron chi connectivity index (χ3n) is 3.14. The molecule has 110 valence electrons. The molecule has 0 saturated carbocycles. The number of amides is 1. The van der Waals surface area contributed by atoms with Gasteiger partial charge in [-0.2, -0.15) is 0 Å². The number of carbonyl (C=O) groups is 1. The molecule has 0 aliphatic carbocycles. The molecular formula is C16H18FN3O. The molecule has 0 atom stereocenters. The fraction of sp³-hybridized carbons (Fsp3) is 0.188. The van der Waals surface area contributed by atoms with Gasteiger partial charge in [-0.3, -0.25) is 4.79 Å². The molecule has 0 spiro atoms. The van der Waals surface area contributed by atoms with Crippen LogP contribution in [0.1, 0.15) is 15.9 Å². The van der Waals surface area contributed by atoms with Gasteiger partial charge in [-0.25, -0.2) is 4.39 Å². The van der Waals surface area contributed by atoms with Crippen LogP contribution in [0.4, 0.5) is 15.8 Å². The fourth-order valence-electron chi connectivity index (χ4n) is 2.04. The van der Waals surface area contributed by atoms with Crippen molar-refractivity contribution in [1.82, 2.24) is 5.32 Å². The van der Waals surface area contributed by atoms with Crippen molar-refractivity contribution in [2.24, 2.45) is 0 Å². The normalized spacial score (nSPS) is 10.2. The van der Waals surface area contributed by atoms with Crippen molar-refractivity contribution in [3.05, 3.63) is 59.4 Å². The molecule has 0 unspecified atom stereocenters. The molecule has 0 aromatic heterocycles. The molecule has 5 heteroatoms. The van der Waals surface area contributed by atoms with Crippen molar-refractivity contribution in [3.8, 4) is 0 Å². The average molecular weight is 287 g/mol. The van der Waals surface area contributed by atoms with E-state index in [0.29, 0.717) is 16.8 Å². The predicted molar refractivity (Wildman–Crippen MR) is 82.8 cm³/mol. The highest BCUT2D eigenvalue weighted by molar-refractivity contribution is 6.00. The summed E-state index contributed by atoms with van der Waals surface area (Å²) in [7, 11) is 3.69. The lowest BCUT2D eigenvalue weighted by molar-refractivity contribution is 0.0951. The monoisotopic (exact) mass is 287 g/mol. The molecule has 0 fully saturated rings. The molecule has 0 radical (unpaired) electrons. The highest BCUT2D eigenvalue weighted by atomic mass is 19.1. The van der Waals surface area contributed by atoms with E-state index in [4.69, 9.17) is 5.73 Å². The summed E-state index contributed by atoms with van der Waals surface area (Å²) in [5, 5.41) is 2.72. The van der Waals surface area contributed by atoms with E-state index in [1.54, 1.807) is 36.4 Å². The Kier molecular flexibility index (Phi) is 4.42. The molecule has 2 aromatic carbocycles. The van der Waals surface area contributed by atoms with E-state index >= 15 is 0 Å². The van der Waals surface area contributed by atoms with Crippen LogP contribution in [0, 0.1) is 5.82 Å². The molecule has 21 heavy (non-hydrogen) atoms. The Morgan fingerprint density at radius 3 is 2.62 bits per heavy atom. The maximum atomic E-state index is 13.5. The van der Waals surface area contributed by atoms with Crippen molar-refractivity contribution in [3.63, 3.8) is 0 Å². The number of anilines is 2. The van der Waals surface area contributed by atoms with Gasteiger partial charge in [-0.05, 0) is 24.3 Å². The minimum atomic E-state index is -0.335. The lowest BCUT2D eigenvalue weighted by Crippen LogP contribution is -2.26. The topological polar surface area (TPSA) is 58.4 Å². The zero-order chi connectivity index (χ0) is 15.4. The minimum Gasteiger partial charge on any atom is -0.399 e. The summed E-state index contributed by atoms with van der Waals surface area (Å²) < 4.78 is 13.5. The summed E-state index contributed by atoms with van der Waals surface area (Å²) in [5.41, 5.74) is 7.92. The van der Waals surface area contributed by atoms with Crippen LogP contribution >= 0.6 is 0 Å². The highest BCUT2D eigenvalue weighted by Gasteiger charge is 2.13. The van der Waals surface area contributed by atoms with Crippen molar-refractivity contribution in [2.75, 3.05) is 24.7 Å². The van der Waals surface area contributed by atoms with Crippen LogP contribution in [0.5, 0.6) is 0 Å². The summed E-state index contributed by atoms with van der Waals surface area (Å²) in [5.74, 6) is -0.618. The van der Waals surface area contributed by atoms with Crippen LogP contribution in [-0.2, 0) is 6.54 Å². The highest BCUT2D eigenvalue weighted by Crippen LogP contribution is 2.21. The zero-order valence-corrected chi connectivity index (χ0v) is 12.1. The van der Waals surface area contributed by atoms with E-state index in [9.17, 15) is 9.18 Å². The van der Waals surface area contributed by atoms with E-state index in [1.165, 1.54) is 6.07 Å². The van der Waals surface area contributed by atoms with Crippen molar-refractivity contribution < 1.29 is 9.18 Å². The average Bonchev–Trinajstić information content (AvgIpc) is 2.45. The second kappa shape index (κ2) is 6.26. The summed E-state index contributed by atoms with van der Waals surface area (Å²) in [6, 6.07) is 11.5. The number of nitrogens with one attached hydrogen (secondary N) is 1. The van der Waals surface area contributed by atoms with Gasteiger partial charge < -0.3 is 16.0 Å². The van der Waals surface area contributed by atoms with Crippen molar-refractivity contribution in [1.29, 1.82) is 0 Å². The smallest absolute Gasteiger partial charge is 0.253 e. The van der Waals surface area contributed by atoms with Crippen molar-refractivity contribution in [2.45, 2.75) is 6.54 Å². The molecule has 0 saturated heterocycles. The van der Waals surface area contributed by atoms with Gasteiger partial charge in [0.15, 0.2) is 0 Å². The first-order valence-corrected chi connectivity index (χ1v) is 6.57. The van der Waals surface area contributed by atoms with Gasteiger partial charge in [0.1, 0.15) is 5.82 Å². The Morgan fingerprint density at radius 2 is 1.95 bits per heavy atom. The lowest BCUT2D eigenvalue weighted by Gasteiger charge is -2.17. The van der Waals surface area contributed by atoms with Gasteiger partial charge in [0.25, 0.3) is 5.91 Å². The first-order chi connectivity index (χ1) is 9.99. The Bertz CT molecular complexity index is 656. The maximum Gasteiger partial charge on any atom is 0.253 e. The fourth-order valence-corrected chi connectivity index (χ4v) is 2.04. The maximum absolute atomic E-state index is 13.5. The van der Waals surface area contributed by atoms with Gasteiger partial charge in [-0.15, -0.1) is 0 Å². The molecule has 0 aliphatic rings. The lowest BCUT2D eigenvalue weighted by atomic mass is 10.1. The van der Waals surface area contributed by atoms with Gasteiger partial charge in [0.2, 0.25) is 0 Å². The number of halogens is 1. The van der Waals surface area contributed by atoms with E-state index in [2.05, 4.69) is 5.32 Å². The Balaban J connectivity index is 2.17. The molecule has 3 N–H and O–H groups in total. The van der Waals surface area contributed by atoms with Gasteiger partial charge >= 0.3 is 0 Å². The van der Waals surface area contributed by atoms with Crippen LogP contribution in [0.2, 0.25) is 0 Å². The van der Waals surface area contributed by atoms with Crippen LogP contribution < -0.4 is 16.0 Å². The number of hydrogen-bond donors (Lipinski definition) is 2. The largest absolute Gasteiger partial charge is 0.399 e. The predicted octanol–water partition coefficient (Wildman–Crippen LogP) is 2.40. The molecule has 2 rings (SSSR count). The van der Waals surface area contributed by atoms with E-state index in [0.717, 1.165) is 5.69 Å². The summed E-state index contributed by atoms with van der Waals surface area (Å²) in [4.78, 5) is 14.1. The van der Waals surface area contributed by atoms with Crippen LogP contribution in [0.15, 0.2) is 42.5 Å². The second-order valence-electron chi connectivity index (χ2n) is 4.95. The molecule has 0 bridgehead atoms. The number of nitrogens with zero attached hydrogens (tertiary/aromatic N) is 1. The van der Waals surface area contributed by atoms with E-state index < -0.39 is 0 Å². The Hall–Kier alpha value is -2.56. The first-order valence-electron chi connectivity index (χ1n) is 6.57. The standard InChI is InChI=1S/C16H18FN3O/c1-20(2)15-8-7-12(18)9-13(15)16(21)19-10-11-5-3-4-6-14(11)17/h3-9H,10,18H2,1-2H3,(H,19,21). The van der Waals surface area contributed by atoms with Gasteiger partial charge in [0.05, 0.1) is 5.56 Å². The summed E-state index contributed by atoms with van der Waals surface area (Å²) in [6.07, 6.45) is 0. The zero-order valence-electron chi connectivity index (χ0n) is 12.1. The number of carbonyl (C=O) groups excluding carboxylic acids is 1. The van der Waals surface area contributed by atoms with Crippen LogP contribution in [0.25, 0.3) is 0 Å². The summed E-state index contributed by atoms with van der Waals surface area (Å²) in [6.45, 7) is 0.132. The van der Waals surface area contributed by atoms with Crippen molar-refractivity contribution >= 4 is 17.3 Å². The number of rotatable bonds is 4. The van der Waals surface area contributed by atoms with Crippen LogP contribution in [0.3, 0.4) is 0 Å².